The highest BCUT2D eigenvalue weighted by molar-refractivity contribution is 6.16. The molecule has 0 fully saturated rings. The largest absolute Gasteiger partial charge is 0.382 e. The van der Waals surface area contributed by atoms with Gasteiger partial charge in [-0.2, -0.15) is 0 Å². The number of imidazole rings is 1. The summed E-state index contributed by atoms with van der Waals surface area (Å²) in [6.07, 6.45) is 3.53. The molecule has 0 saturated heterocycles. The van der Waals surface area contributed by atoms with Gasteiger partial charge in [-0.05, 0) is 0 Å². The molecule has 0 radical (unpaired) electrons. The van der Waals surface area contributed by atoms with Gasteiger partial charge in [0.15, 0.2) is 0 Å². The highest BCUT2D eigenvalue weighted by Crippen LogP contribution is 2.02. The summed E-state index contributed by atoms with van der Waals surface area (Å²) in [6.45, 7) is 2.70. The van der Waals surface area contributed by atoms with Crippen LogP contribution >= 0.6 is 11.6 Å². The third kappa shape index (κ3) is 3.65. The summed E-state index contributed by atoms with van der Waals surface area (Å²) in [6, 6.07) is 0. The van der Waals surface area contributed by atoms with Crippen LogP contribution in [0.2, 0.25) is 0 Å². The van der Waals surface area contributed by atoms with Gasteiger partial charge in [0.25, 0.3) is 0 Å². The Morgan fingerprint density at radius 2 is 2.29 bits per heavy atom. The number of halogens is 1. The van der Waals surface area contributed by atoms with Crippen LogP contribution in [0.3, 0.4) is 0 Å². The smallest absolute Gasteiger partial charge is 0.0949 e. The molecule has 0 unspecified atom stereocenters. The number of nitrogens with zero attached hydrogens (tertiary/aromatic N) is 2. The van der Waals surface area contributed by atoms with Gasteiger partial charge in [-0.15, -0.1) is 11.6 Å². The Labute approximate surface area is 88.8 Å². The molecule has 1 heterocycles. The van der Waals surface area contributed by atoms with Crippen molar-refractivity contribution in [2.24, 2.45) is 0 Å². The van der Waals surface area contributed by atoms with E-state index in [1.165, 1.54) is 0 Å². The molecule has 1 aromatic rings. The van der Waals surface area contributed by atoms with Crippen LogP contribution in [-0.2, 0) is 21.9 Å². The summed E-state index contributed by atoms with van der Waals surface area (Å²) in [4.78, 5) is 4.01. The van der Waals surface area contributed by atoms with Crippen molar-refractivity contribution in [1.82, 2.24) is 9.55 Å². The second-order valence-corrected chi connectivity index (χ2v) is 3.08. The number of methoxy groups -OCH3 is 1. The molecule has 1 rings (SSSR count). The van der Waals surface area contributed by atoms with E-state index >= 15 is 0 Å². The Morgan fingerprint density at radius 1 is 1.43 bits per heavy atom. The van der Waals surface area contributed by atoms with E-state index in [-0.39, 0.29) is 0 Å². The summed E-state index contributed by atoms with van der Waals surface area (Å²) in [5.74, 6) is 0.484. The fourth-order valence-corrected chi connectivity index (χ4v) is 1.29. The molecular formula is C9H15ClN2O2. The highest BCUT2D eigenvalue weighted by Gasteiger charge is 1.99. The van der Waals surface area contributed by atoms with Gasteiger partial charge in [0.05, 0.1) is 37.7 Å². The SMILES string of the molecule is COCCOCCn1cncc1CCl. The lowest BCUT2D eigenvalue weighted by Crippen LogP contribution is -2.10. The molecule has 5 heteroatoms. The van der Waals surface area contributed by atoms with Gasteiger partial charge in [0, 0.05) is 19.9 Å². The molecule has 0 saturated carbocycles. The van der Waals surface area contributed by atoms with Crippen molar-refractivity contribution in [2.75, 3.05) is 26.9 Å². The van der Waals surface area contributed by atoms with Crippen molar-refractivity contribution in [3.8, 4) is 0 Å². The quantitative estimate of drug-likeness (QED) is 0.511. The zero-order chi connectivity index (χ0) is 10.2. The fraction of sp³-hybridized carbons (Fsp3) is 0.667. The minimum atomic E-state index is 0.484. The molecule has 0 aliphatic carbocycles. The second kappa shape index (κ2) is 6.81. The van der Waals surface area contributed by atoms with Crippen LogP contribution in [0.25, 0.3) is 0 Å². The van der Waals surface area contributed by atoms with Gasteiger partial charge < -0.3 is 14.0 Å². The Balaban J connectivity index is 2.17. The van der Waals surface area contributed by atoms with Gasteiger partial charge in [0.2, 0.25) is 0 Å². The molecule has 1 aromatic heterocycles. The molecule has 0 amide bonds. The van der Waals surface area contributed by atoms with Gasteiger partial charge >= 0.3 is 0 Å². The lowest BCUT2D eigenvalue weighted by Gasteiger charge is -2.06. The van der Waals surface area contributed by atoms with E-state index in [0.717, 1.165) is 12.2 Å². The zero-order valence-electron chi connectivity index (χ0n) is 8.28. The summed E-state index contributed by atoms with van der Waals surface area (Å²) in [7, 11) is 1.66. The number of alkyl halides is 1. The number of rotatable bonds is 7. The van der Waals surface area contributed by atoms with Crippen LogP contribution in [0.5, 0.6) is 0 Å². The first kappa shape index (κ1) is 11.5. The van der Waals surface area contributed by atoms with Crippen molar-refractivity contribution >= 4 is 11.6 Å². The number of hydrogen-bond donors (Lipinski definition) is 0. The molecule has 0 spiro atoms. The van der Waals surface area contributed by atoms with Crippen LogP contribution in [-0.4, -0.2) is 36.5 Å². The van der Waals surface area contributed by atoms with Crippen LogP contribution in [0.15, 0.2) is 12.5 Å². The van der Waals surface area contributed by atoms with Crippen LogP contribution < -0.4 is 0 Å². The zero-order valence-corrected chi connectivity index (χ0v) is 9.04. The predicted molar refractivity (Wildman–Crippen MR) is 54.5 cm³/mol. The van der Waals surface area contributed by atoms with E-state index in [4.69, 9.17) is 21.1 Å². The van der Waals surface area contributed by atoms with E-state index in [1.54, 1.807) is 19.6 Å². The summed E-state index contributed by atoms with van der Waals surface area (Å²) in [5.41, 5.74) is 1.02. The van der Waals surface area contributed by atoms with Gasteiger partial charge in [-0.25, -0.2) is 4.98 Å². The van der Waals surface area contributed by atoms with Crippen molar-refractivity contribution in [2.45, 2.75) is 12.4 Å². The number of aromatic nitrogens is 2. The van der Waals surface area contributed by atoms with Gasteiger partial charge in [-0.3, -0.25) is 0 Å². The third-order valence-electron chi connectivity index (χ3n) is 1.84. The Bertz CT molecular complexity index is 253. The minimum Gasteiger partial charge on any atom is -0.382 e. The summed E-state index contributed by atoms with van der Waals surface area (Å²) in [5, 5.41) is 0. The van der Waals surface area contributed by atoms with Crippen LogP contribution in [0.1, 0.15) is 5.69 Å². The summed E-state index contributed by atoms with van der Waals surface area (Å²) < 4.78 is 12.2. The lowest BCUT2D eigenvalue weighted by atomic mass is 10.5. The first-order valence-electron chi connectivity index (χ1n) is 4.50. The molecule has 0 aliphatic rings. The van der Waals surface area contributed by atoms with Gasteiger partial charge in [-0.1, -0.05) is 0 Å². The Morgan fingerprint density at radius 3 is 3.00 bits per heavy atom. The maximum atomic E-state index is 5.71. The normalized spacial score (nSPS) is 10.7. The molecule has 4 nitrogen and oxygen atoms in total. The lowest BCUT2D eigenvalue weighted by molar-refractivity contribution is 0.0664. The third-order valence-corrected chi connectivity index (χ3v) is 2.12. The van der Waals surface area contributed by atoms with E-state index in [9.17, 15) is 0 Å². The average Bonchev–Trinajstić information content (AvgIpc) is 2.65. The molecule has 0 aliphatic heterocycles. The van der Waals surface area contributed by atoms with Crippen LogP contribution in [0, 0.1) is 0 Å². The summed E-state index contributed by atoms with van der Waals surface area (Å²) >= 11 is 5.71. The first-order valence-corrected chi connectivity index (χ1v) is 5.03. The van der Waals surface area contributed by atoms with Crippen molar-refractivity contribution in [3.63, 3.8) is 0 Å². The molecular weight excluding hydrogens is 204 g/mol. The second-order valence-electron chi connectivity index (χ2n) is 2.82. The van der Waals surface area contributed by atoms with E-state index in [1.807, 2.05) is 4.57 Å². The fourth-order valence-electron chi connectivity index (χ4n) is 1.07. The van der Waals surface area contributed by atoms with Crippen molar-refractivity contribution in [3.05, 3.63) is 18.2 Å². The topological polar surface area (TPSA) is 36.3 Å². The molecule has 14 heavy (non-hydrogen) atoms. The molecule has 80 valence electrons. The van der Waals surface area contributed by atoms with Gasteiger partial charge in [0.1, 0.15) is 0 Å². The molecule has 0 bridgehead atoms. The molecule has 0 atom stereocenters. The van der Waals surface area contributed by atoms with Crippen molar-refractivity contribution in [1.29, 1.82) is 0 Å². The predicted octanol–water partition coefficient (Wildman–Crippen LogP) is 1.28. The van der Waals surface area contributed by atoms with Crippen molar-refractivity contribution < 1.29 is 9.47 Å². The monoisotopic (exact) mass is 218 g/mol. The van der Waals surface area contributed by atoms with E-state index < -0.39 is 0 Å². The average molecular weight is 219 g/mol. The highest BCUT2D eigenvalue weighted by atomic mass is 35.5. The molecule has 0 aromatic carbocycles. The maximum Gasteiger partial charge on any atom is 0.0949 e. The standard InChI is InChI=1S/C9H15ClN2O2/c1-13-4-5-14-3-2-12-8-11-7-9(12)6-10/h7-8H,2-6H2,1H3. The minimum absolute atomic E-state index is 0.484. The Kier molecular flexibility index (Phi) is 5.59. The number of ether oxygens (including phenoxy) is 2. The maximum absolute atomic E-state index is 5.71. The number of hydrogen-bond acceptors (Lipinski definition) is 3. The molecule has 0 N–H and O–H groups in total. The van der Waals surface area contributed by atoms with E-state index in [0.29, 0.717) is 25.7 Å². The first-order chi connectivity index (χ1) is 6.88. The van der Waals surface area contributed by atoms with E-state index in [2.05, 4.69) is 4.98 Å². The van der Waals surface area contributed by atoms with Crippen LogP contribution in [0.4, 0.5) is 0 Å². The Hall–Kier alpha value is -0.580.